The number of nitriles is 1. The largest absolute Gasteiger partial charge is 0.336 e. The predicted molar refractivity (Wildman–Crippen MR) is 96.2 cm³/mol. The molecule has 0 atom stereocenters. The molecule has 1 aliphatic rings. The number of likely N-dealkylation sites (N-methyl/N-ethyl adjacent to an activating group) is 1. The van der Waals surface area contributed by atoms with E-state index in [0.29, 0.717) is 21.8 Å². The maximum atomic E-state index is 12.7. The van der Waals surface area contributed by atoms with E-state index in [1.54, 1.807) is 36.4 Å². The molecular weight excluding hydrogens is 361 g/mol. The molecule has 0 aromatic heterocycles. The summed E-state index contributed by atoms with van der Waals surface area (Å²) in [7, 11) is 1.52. The van der Waals surface area contributed by atoms with E-state index in [1.807, 2.05) is 6.07 Å². The fourth-order valence-corrected chi connectivity index (χ4v) is 2.71. The highest BCUT2D eigenvalue weighted by atomic mass is 35.5. The molecule has 3 amide bonds. The fraction of sp³-hybridized carbons (Fsp3) is 0.0556. The zero-order valence-electron chi connectivity index (χ0n) is 13.0. The fourth-order valence-electron chi connectivity index (χ4n) is 2.42. The van der Waals surface area contributed by atoms with Crippen molar-refractivity contribution in [2.45, 2.75) is 0 Å². The van der Waals surface area contributed by atoms with Crippen molar-refractivity contribution in [2.75, 3.05) is 11.9 Å². The van der Waals surface area contributed by atoms with Crippen molar-refractivity contribution in [3.8, 4) is 6.07 Å². The van der Waals surface area contributed by atoms with Crippen LogP contribution in [-0.4, -0.2) is 23.9 Å². The maximum Gasteiger partial charge on any atom is 0.336 e. The molecule has 25 heavy (non-hydrogen) atoms. The van der Waals surface area contributed by atoms with Crippen LogP contribution in [0.15, 0.2) is 48.2 Å². The Labute approximate surface area is 154 Å². The molecule has 3 rings (SSSR count). The van der Waals surface area contributed by atoms with Gasteiger partial charge in [-0.2, -0.15) is 5.26 Å². The highest BCUT2D eigenvalue weighted by Crippen LogP contribution is 2.32. The van der Waals surface area contributed by atoms with Gasteiger partial charge in [0, 0.05) is 7.05 Å². The number of amides is 3. The number of urea groups is 1. The maximum absolute atomic E-state index is 12.7. The van der Waals surface area contributed by atoms with Gasteiger partial charge in [0.05, 0.1) is 27.4 Å². The molecule has 0 unspecified atom stereocenters. The summed E-state index contributed by atoms with van der Waals surface area (Å²) in [5.41, 5.74) is 1.79. The second-order valence-electron chi connectivity index (χ2n) is 5.34. The molecule has 0 aliphatic carbocycles. The molecule has 2 aromatic rings. The van der Waals surface area contributed by atoms with Crippen molar-refractivity contribution in [3.05, 3.63) is 69.3 Å². The number of hydrogen-bond acceptors (Lipinski definition) is 3. The van der Waals surface area contributed by atoms with E-state index in [4.69, 9.17) is 28.5 Å². The van der Waals surface area contributed by atoms with Gasteiger partial charge in [0.1, 0.15) is 5.70 Å². The molecule has 124 valence electrons. The number of nitrogens with zero attached hydrogens (tertiary/aromatic N) is 3. The lowest BCUT2D eigenvalue weighted by Crippen LogP contribution is -2.31. The molecule has 0 saturated carbocycles. The number of imide groups is 1. The minimum Gasteiger partial charge on any atom is -0.292 e. The van der Waals surface area contributed by atoms with Crippen molar-refractivity contribution in [1.82, 2.24) is 4.90 Å². The van der Waals surface area contributed by atoms with Crippen molar-refractivity contribution in [2.24, 2.45) is 0 Å². The van der Waals surface area contributed by atoms with Crippen LogP contribution < -0.4 is 4.90 Å². The molecule has 5 nitrogen and oxygen atoms in total. The van der Waals surface area contributed by atoms with Crippen molar-refractivity contribution >= 4 is 46.9 Å². The minimum atomic E-state index is -0.483. The summed E-state index contributed by atoms with van der Waals surface area (Å²) < 4.78 is 0. The number of benzene rings is 2. The summed E-state index contributed by atoms with van der Waals surface area (Å²) in [6.45, 7) is 0. The van der Waals surface area contributed by atoms with Gasteiger partial charge >= 0.3 is 6.03 Å². The molecule has 1 saturated heterocycles. The smallest absolute Gasteiger partial charge is 0.292 e. The molecule has 7 heteroatoms. The second kappa shape index (κ2) is 6.60. The summed E-state index contributed by atoms with van der Waals surface area (Å²) in [4.78, 5) is 27.5. The number of hydrogen-bond donors (Lipinski definition) is 0. The van der Waals surface area contributed by atoms with Crippen LogP contribution in [0.4, 0.5) is 10.5 Å². The lowest BCUT2D eigenvalue weighted by molar-refractivity contribution is -0.114. The monoisotopic (exact) mass is 371 g/mol. The molecule has 0 N–H and O–H groups in total. The number of rotatable bonds is 2. The first kappa shape index (κ1) is 17.0. The van der Waals surface area contributed by atoms with Gasteiger partial charge in [-0.25, -0.2) is 9.69 Å². The Hall–Kier alpha value is -2.81. The van der Waals surface area contributed by atoms with Crippen LogP contribution >= 0.6 is 23.2 Å². The molecule has 1 fully saturated rings. The van der Waals surface area contributed by atoms with E-state index >= 15 is 0 Å². The van der Waals surface area contributed by atoms with Crippen LogP contribution in [0, 0.1) is 11.3 Å². The molecule has 2 aromatic carbocycles. The summed E-state index contributed by atoms with van der Waals surface area (Å²) in [5.74, 6) is -0.463. The minimum absolute atomic E-state index is 0.223. The molecular formula is C18H11Cl2N3O2. The lowest BCUT2D eigenvalue weighted by Gasteiger charge is -2.13. The number of carbonyl (C=O) groups excluding carboxylic acids is 2. The van der Waals surface area contributed by atoms with Gasteiger partial charge in [-0.15, -0.1) is 0 Å². The first-order valence-electron chi connectivity index (χ1n) is 7.21. The lowest BCUT2D eigenvalue weighted by atomic mass is 10.1. The summed E-state index contributed by atoms with van der Waals surface area (Å²) >= 11 is 11.9. The standard InChI is InChI=1S/C18H11Cl2N3O2/c1-22-16(8-11-2-4-12(10-21)5-3-11)17(24)23(18(22)25)13-6-7-14(19)15(20)9-13/h2-9H,1H3/b16-8+. The average Bonchev–Trinajstić information content (AvgIpc) is 2.82. The Morgan fingerprint density at radius 1 is 1.04 bits per heavy atom. The van der Waals surface area contributed by atoms with Gasteiger partial charge in [0.2, 0.25) is 0 Å². The van der Waals surface area contributed by atoms with E-state index in [9.17, 15) is 9.59 Å². The molecule has 0 radical (unpaired) electrons. The van der Waals surface area contributed by atoms with E-state index in [2.05, 4.69) is 0 Å². The van der Waals surface area contributed by atoms with Crippen LogP contribution in [0.5, 0.6) is 0 Å². The van der Waals surface area contributed by atoms with Crippen molar-refractivity contribution in [3.63, 3.8) is 0 Å². The van der Waals surface area contributed by atoms with Crippen LogP contribution in [0.1, 0.15) is 11.1 Å². The first-order chi connectivity index (χ1) is 11.9. The zero-order valence-corrected chi connectivity index (χ0v) is 14.5. The zero-order chi connectivity index (χ0) is 18.1. The second-order valence-corrected chi connectivity index (χ2v) is 6.16. The van der Waals surface area contributed by atoms with E-state index in [1.165, 1.54) is 24.1 Å². The highest BCUT2D eigenvalue weighted by molar-refractivity contribution is 6.42. The van der Waals surface area contributed by atoms with Crippen molar-refractivity contribution < 1.29 is 9.59 Å². The normalized spacial score (nSPS) is 15.8. The quantitative estimate of drug-likeness (QED) is 0.583. The SMILES string of the molecule is CN1C(=O)N(c2ccc(Cl)c(Cl)c2)C(=O)/C1=C\c1ccc(C#N)cc1. The van der Waals surface area contributed by atoms with Gasteiger partial charge < -0.3 is 0 Å². The van der Waals surface area contributed by atoms with Gasteiger partial charge in [-0.3, -0.25) is 9.69 Å². The third-order valence-corrected chi connectivity index (χ3v) is 4.51. The molecule has 0 spiro atoms. The van der Waals surface area contributed by atoms with E-state index in [0.717, 1.165) is 4.90 Å². The number of halogens is 2. The molecule has 1 heterocycles. The molecule has 0 bridgehead atoms. The van der Waals surface area contributed by atoms with Crippen LogP contribution in [0.2, 0.25) is 10.0 Å². The van der Waals surface area contributed by atoms with Gasteiger partial charge in [-0.05, 0) is 42.0 Å². The Kier molecular flexibility index (Phi) is 4.49. The van der Waals surface area contributed by atoms with Crippen LogP contribution in [0.3, 0.4) is 0 Å². The first-order valence-corrected chi connectivity index (χ1v) is 7.97. The van der Waals surface area contributed by atoms with E-state index < -0.39 is 11.9 Å². The third kappa shape index (κ3) is 3.10. The van der Waals surface area contributed by atoms with Gasteiger partial charge in [-0.1, -0.05) is 35.3 Å². The summed E-state index contributed by atoms with van der Waals surface area (Å²) in [5, 5.41) is 9.43. The van der Waals surface area contributed by atoms with Gasteiger partial charge in [0.25, 0.3) is 5.91 Å². The van der Waals surface area contributed by atoms with Crippen LogP contribution in [-0.2, 0) is 4.79 Å². The number of carbonyl (C=O) groups is 2. The Morgan fingerprint density at radius 3 is 2.32 bits per heavy atom. The summed E-state index contributed by atoms with van der Waals surface area (Å²) in [6, 6.07) is 12.8. The Balaban J connectivity index is 1.98. The third-order valence-electron chi connectivity index (χ3n) is 3.77. The van der Waals surface area contributed by atoms with E-state index in [-0.39, 0.29) is 10.7 Å². The average molecular weight is 372 g/mol. The van der Waals surface area contributed by atoms with Gasteiger partial charge in [0.15, 0.2) is 0 Å². The highest BCUT2D eigenvalue weighted by Gasteiger charge is 2.39. The number of anilines is 1. The molecule has 1 aliphatic heterocycles. The topological polar surface area (TPSA) is 64.4 Å². The Morgan fingerprint density at radius 2 is 1.72 bits per heavy atom. The Bertz CT molecular complexity index is 946. The predicted octanol–water partition coefficient (Wildman–Crippen LogP) is 4.30. The van der Waals surface area contributed by atoms with Crippen LogP contribution in [0.25, 0.3) is 6.08 Å². The summed E-state index contributed by atoms with van der Waals surface area (Å²) in [6.07, 6.45) is 1.60. The van der Waals surface area contributed by atoms with Crippen molar-refractivity contribution in [1.29, 1.82) is 5.26 Å².